The normalized spacial score (nSPS) is 20.4. The van der Waals surface area contributed by atoms with Crippen molar-refractivity contribution in [1.82, 2.24) is 4.90 Å². The molecule has 0 aromatic rings. The monoisotopic (exact) mass is 182 g/mol. The fourth-order valence-electron chi connectivity index (χ4n) is 2.14. The Morgan fingerprint density at radius 2 is 1.69 bits per heavy atom. The summed E-state index contributed by atoms with van der Waals surface area (Å²) in [6.45, 7) is 2.85. The summed E-state index contributed by atoms with van der Waals surface area (Å²) in [4.78, 5) is 12.5. The van der Waals surface area contributed by atoms with Crippen LogP contribution in [0.2, 0.25) is 0 Å². The van der Waals surface area contributed by atoms with Crippen molar-refractivity contribution in [3.05, 3.63) is 0 Å². The van der Waals surface area contributed by atoms with Crippen LogP contribution in [0.1, 0.15) is 51.9 Å². The van der Waals surface area contributed by atoms with Crippen molar-refractivity contribution in [3.8, 4) is 0 Å². The number of amides is 1. The van der Waals surface area contributed by atoms with E-state index in [0.29, 0.717) is 6.04 Å². The minimum Gasteiger partial charge on any atom is -0.332 e. The van der Waals surface area contributed by atoms with E-state index in [4.69, 9.17) is 0 Å². The van der Waals surface area contributed by atoms with E-state index in [1.165, 1.54) is 44.9 Å². The maximum Gasteiger partial charge on any atom is 0.312 e. The second-order valence-electron chi connectivity index (χ2n) is 3.88. The summed E-state index contributed by atoms with van der Waals surface area (Å²) < 4.78 is 0. The van der Waals surface area contributed by atoms with Crippen molar-refractivity contribution in [2.45, 2.75) is 57.9 Å². The summed E-state index contributed by atoms with van der Waals surface area (Å²) in [6, 6.07) is 0.475. The molecule has 0 bridgehead atoms. The molecule has 1 rings (SSSR count). The lowest BCUT2D eigenvalue weighted by atomic mass is 9.96. The first-order valence-corrected chi connectivity index (χ1v) is 5.53. The minimum atomic E-state index is 0.475. The maximum atomic E-state index is 10.6. The molecule has 75 valence electrons. The third-order valence-corrected chi connectivity index (χ3v) is 2.97. The van der Waals surface area contributed by atoms with Gasteiger partial charge in [-0.15, -0.1) is 0 Å². The number of hydrogen-bond donors (Lipinski definition) is 0. The van der Waals surface area contributed by atoms with Gasteiger partial charge in [-0.1, -0.05) is 32.1 Å². The van der Waals surface area contributed by atoms with Crippen LogP contribution in [-0.2, 0) is 4.79 Å². The van der Waals surface area contributed by atoms with Gasteiger partial charge in [-0.2, -0.15) is 0 Å². The highest BCUT2D eigenvalue weighted by Gasteiger charge is 2.16. The summed E-state index contributed by atoms with van der Waals surface area (Å²) in [7, 11) is 0. The van der Waals surface area contributed by atoms with Gasteiger partial charge in [0.15, 0.2) is 0 Å². The standard InChI is InChI=1S/C11H20NO/c1-2-12(10-13)11-8-6-4-3-5-7-9-11/h11H,2-9H2,1H3. The molecule has 1 aliphatic carbocycles. The third kappa shape index (κ3) is 3.37. The van der Waals surface area contributed by atoms with Gasteiger partial charge in [0.25, 0.3) is 0 Å². The van der Waals surface area contributed by atoms with Crippen molar-refractivity contribution in [2.24, 2.45) is 0 Å². The highest BCUT2D eigenvalue weighted by Crippen LogP contribution is 2.20. The zero-order valence-electron chi connectivity index (χ0n) is 8.59. The van der Waals surface area contributed by atoms with Gasteiger partial charge in [0.05, 0.1) is 0 Å². The maximum absolute atomic E-state index is 10.6. The van der Waals surface area contributed by atoms with Crippen LogP contribution in [-0.4, -0.2) is 23.9 Å². The van der Waals surface area contributed by atoms with Crippen LogP contribution in [0.4, 0.5) is 0 Å². The van der Waals surface area contributed by atoms with Crippen LogP contribution in [0.3, 0.4) is 0 Å². The fourth-order valence-corrected chi connectivity index (χ4v) is 2.14. The van der Waals surface area contributed by atoms with E-state index in [2.05, 4.69) is 6.41 Å². The molecule has 1 saturated carbocycles. The Morgan fingerprint density at radius 1 is 1.15 bits per heavy atom. The molecule has 0 heterocycles. The Morgan fingerprint density at radius 3 is 2.15 bits per heavy atom. The molecule has 2 heteroatoms. The largest absolute Gasteiger partial charge is 0.332 e. The molecule has 0 aromatic carbocycles. The molecule has 0 unspecified atom stereocenters. The summed E-state index contributed by atoms with van der Waals surface area (Å²) >= 11 is 0. The average molecular weight is 182 g/mol. The first-order valence-electron chi connectivity index (χ1n) is 5.53. The zero-order valence-corrected chi connectivity index (χ0v) is 8.59. The second kappa shape index (κ2) is 6.01. The molecule has 0 aliphatic heterocycles. The zero-order chi connectivity index (χ0) is 9.52. The Kier molecular flexibility index (Phi) is 4.87. The predicted octanol–water partition coefficient (Wildman–Crippen LogP) is 2.49. The van der Waals surface area contributed by atoms with E-state index in [1.54, 1.807) is 0 Å². The van der Waals surface area contributed by atoms with Gasteiger partial charge in [-0.3, -0.25) is 4.79 Å². The first-order chi connectivity index (χ1) is 6.38. The van der Waals surface area contributed by atoms with Crippen LogP contribution >= 0.6 is 0 Å². The first kappa shape index (κ1) is 10.6. The topological polar surface area (TPSA) is 20.3 Å². The Hall–Kier alpha value is -0.530. The van der Waals surface area contributed by atoms with Gasteiger partial charge in [-0.25, -0.2) is 0 Å². The van der Waals surface area contributed by atoms with Crippen molar-refractivity contribution in [2.75, 3.05) is 6.54 Å². The third-order valence-electron chi connectivity index (χ3n) is 2.97. The smallest absolute Gasteiger partial charge is 0.312 e. The Bertz CT molecular complexity index is 139. The molecule has 1 amide bonds. The van der Waals surface area contributed by atoms with Gasteiger partial charge in [0, 0.05) is 12.6 Å². The SMILES string of the molecule is CCN([C]=O)C1CCCCCCC1. The van der Waals surface area contributed by atoms with E-state index < -0.39 is 0 Å². The van der Waals surface area contributed by atoms with Crippen LogP contribution in [0, 0.1) is 0 Å². The molecule has 0 N–H and O–H groups in total. The summed E-state index contributed by atoms with van der Waals surface area (Å²) in [5.41, 5.74) is 0. The van der Waals surface area contributed by atoms with Crippen molar-refractivity contribution >= 4 is 6.41 Å². The second-order valence-corrected chi connectivity index (χ2v) is 3.88. The predicted molar refractivity (Wildman–Crippen MR) is 54.2 cm³/mol. The lowest BCUT2D eigenvalue weighted by Crippen LogP contribution is -2.34. The molecule has 0 aromatic heterocycles. The van der Waals surface area contributed by atoms with Crippen LogP contribution in [0.25, 0.3) is 0 Å². The molecule has 0 spiro atoms. The summed E-state index contributed by atoms with van der Waals surface area (Å²) in [5, 5.41) is 0. The molecule has 1 radical (unpaired) electrons. The summed E-state index contributed by atoms with van der Waals surface area (Å²) in [5.74, 6) is 0. The molecule has 0 atom stereocenters. The van der Waals surface area contributed by atoms with E-state index in [-0.39, 0.29) is 0 Å². The molecule has 2 nitrogen and oxygen atoms in total. The molecular weight excluding hydrogens is 162 g/mol. The van der Waals surface area contributed by atoms with E-state index in [1.807, 2.05) is 11.8 Å². The van der Waals surface area contributed by atoms with Crippen molar-refractivity contribution in [1.29, 1.82) is 0 Å². The lowest BCUT2D eigenvalue weighted by Gasteiger charge is -2.27. The highest BCUT2D eigenvalue weighted by atomic mass is 16.1. The quantitative estimate of drug-likeness (QED) is 0.614. The summed E-state index contributed by atoms with van der Waals surface area (Å²) in [6.07, 6.45) is 11.0. The van der Waals surface area contributed by atoms with Crippen LogP contribution in [0.5, 0.6) is 0 Å². The van der Waals surface area contributed by atoms with Gasteiger partial charge < -0.3 is 4.90 Å². The Balaban J connectivity index is 2.39. The molecule has 1 aliphatic rings. The van der Waals surface area contributed by atoms with Gasteiger partial charge in [0.2, 0.25) is 0 Å². The van der Waals surface area contributed by atoms with Crippen LogP contribution < -0.4 is 0 Å². The van der Waals surface area contributed by atoms with E-state index in [9.17, 15) is 4.79 Å². The van der Waals surface area contributed by atoms with Crippen molar-refractivity contribution in [3.63, 3.8) is 0 Å². The Labute approximate surface area is 81.3 Å². The van der Waals surface area contributed by atoms with Gasteiger partial charge in [-0.05, 0) is 19.8 Å². The number of rotatable bonds is 3. The van der Waals surface area contributed by atoms with Gasteiger partial charge in [0.1, 0.15) is 0 Å². The molecule has 13 heavy (non-hydrogen) atoms. The molecule has 1 fully saturated rings. The lowest BCUT2D eigenvalue weighted by molar-refractivity contribution is 0.255. The molecule has 0 saturated heterocycles. The number of hydrogen-bond acceptors (Lipinski definition) is 1. The molecular formula is C11H20NO. The highest BCUT2D eigenvalue weighted by molar-refractivity contribution is 5.48. The van der Waals surface area contributed by atoms with Gasteiger partial charge >= 0.3 is 6.41 Å². The van der Waals surface area contributed by atoms with Crippen LogP contribution in [0.15, 0.2) is 0 Å². The van der Waals surface area contributed by atoms with E-state index in [0.717, 1.165) is 6.54 Å². The van der Waals surface area contributed by atoms with E-state index >= 15 is 0 Å². The fraction of sp³-hybridized carbons (Fsp3) is 0.909. The average Bonchev–Trinajstić information content (AvgIpc) is 2.09. The number of carbonyl (C=O) groups excluding carboxylic acids is 1. The number of nitrogens with zero attached hydrogens (tertiary/aromatic N) is 1. The minimum absolute atomic E-state index is 0.475. The van der Waals surface area contributed by atoms with Crippen molar-refractivity contribution < 1.29 is 4.79 Å².